The van der Waals surface area contributed by atoms with Crippen LogP contribution < -0.4 is 0 Å². The maximum Gasteiger partial charge on any atom is 0.0732 e. The molecule has 0 bridgehead atoms. The summed E-state index contributed by atoms with van der Waals surface area (Å²) < 4.78 is 6.68. The second-order valence-electron chi connectivity index (χ2n) is 3.71. The molecule has 0 fully saturated rings. The fourth-order valence-corrected chi connectivity index (χ4v) is 2.06. The molecule has 0 aromatic heterocycles. The van der Waals surface area contributed by atoms with Gasteiger partial charge in [0.1, 0.15) is 0 Å². The molecule has 1 nitrogen and oxygen atoms in total. The van der Waals surface area contributed by atoms with Crippen molar-refractivity contribution in [3.05, 3.63) is 69.2 Å². The molecule has 0 unspecified atom stereocenters. The van der Waals surface area contributed by atoms with Gasteiger partial charge in [-0.15, -0.1) is 0 Å². The lowest BCUT2D eigenvalue weighted by Gasteiger charge is -2.07. The Balaban J connectivity index is 1.92. The Morgan fingerprint density at radius 1 is 1.00 bits per heavy atom. The quantitative estimate of drug-likeness (QED) is 0.786. The van der Waals surface area contributed by atoms with Crippen LogP contribution in [0.2, 0.25) is 5.02 Å². The van der Waals surface area contributed by atoms with Crippen LogP contribution in [0.25, 0.3) is 0 Å². The summed E-state index contributed by atoms with van der Waals surface area (Å²) >= 11 is 9.41. The minimum absolute atomic E-state index is 0.552. The van der Waals surface area contributed by atoms with Crippen molar-refractivity contribution in [2.75, 3.05) is 0 Å². The first-order chi connectivity index (χ1) is 8.25. The summed E-state index contributed by atoms with van der Waals surface area (Å²) in [5.41, 5.74) is 2.24. The molecule has 0 radical (unpaired) electrons. The highest BCUT2D eigenvalue weighted by molar-refractivity contribution is 9.10. The molecule has 0 aliphatic rings. The Hall–Kier alpha value is -0.830. The second-order valence-corrected chi connectivity index (χ2v) is 5.00. The normalized spacial score (nSPS) is 10.5. The minimum atomic E-state index is 0.552. The highest BCUT2D eigenvalue weighted by atomic mass is 79.9. The molecular formula is C14H12BrClO. The van der Waals surface area contributed by atoms with Crippen LogP contribution in [0.3, 0.4) is 0 Å². The highest BCUT2D eigenvalue weighted by Gasteiger charge is 2.01. The summed E-state index contributed by atoms with van der Waals surface area (Å²) in [6, 6.07) is 15.8. The van der Waals surface area contributed by atoms with Gasteiger partial charge in [0.25, 0.3) is 0 Å². The standard InChI is InChI=1S/C14H12BrClO/c15-14-7-6-13(16)8-12(14)10-17-9-11-4-2-1-3-5-11/h1-8H,9-10H2. The molecule has 0 spiro atoms. The predicted molar refractivity (Wildman–Crippen MR) is 74.1 cm³/mol. The van der Waals surface area contributed by atoms with E-state index in [1.165, 1.54) is 5.56 Å². The van der Waals surface area contributed by atoms with Gasteiger partial charge < -0.3 is 4.74 Å². The summed E-state index contributed by atoms with van der Waals surface area (Å²) in [6.07, 6.45) is 0. The summed E-state index contributed by atoms with van der Waals surface area (Å²) in [5.74, 6) is 0. The summed E-state index contributed by atoms with van der Waals surface area (Å²) in [5, 5.41) is 0.728. The van der Waals surface area contributed by atoms with Gasteiger partial charge in [0.15, 0.2) is 0 Å². The first-order valence-electron chi connectivity index (χ1n) is 5.31. The number of hydrogen-bond donors (Lipinski definition) is 0. The number of ether oxygens (including phenoxy) is 1. The van der Waals surface area contributed by atoms with Crippen LogP contribution in [0.4, 0.5) is 0 Å². The highest BCUT2D eigenvalue weighted by Crippen LogP contribution is 2.22. The Bertz CT molecular complexity index is 485. The topological polar surface area (TPSA) is 9.23 Å². The number of rotatable bonds is 4. The average molecular weight is 312 g/mol. The SMILES string of the molecule is Clc1ccc(Br)c(COCc2ccccc2)c1. The van der Waals surface area contributed by atoms with Crippen molar-refractivity contribution >= 4 is 27.5 Å². The molecule has 0 N–H and O–H groups in total. The van der Waals surface area contributed by atoms with Gasteiger partial charge in [-0.3, -0.25) is 0 Å². The molecule has 0 aliphatic carbocycles. The maximum atomic E-state index is 5.94. The molecule has 3 heteroatoms. The zero-order valence-electron chi connectivity index (χ0n) is 9.20. The molecule has 88 valence electrons. The van der Waals surface area contributed by atoms with E-state index < -0.39 is 0 Å². The molecule has 0 saturated heterocycles. The molecule has 0 amide bonds. The van der Waals surface area contributed by atoms with Crippen molar-refractivity contribution in [1.29, 1.82) is 0 Å². The summed E-state index contributed by atoms with van der Waals surface area (Å²) in [7, 11) is 0. The van der Waals surface area contributed by atoms with E-state index in [1.807, 2.05) is 48.5 Å². The molecule has 0 aliphatic heterocycles. The van der Waals surface area contributed by atoms with E-state index in [2.05, 4.69) is 15.9 Å². The van der Waals surface area contributed by atoms with Crippen molar-refractivity contribution in [3.63, 3.8) is 0 Å². The zero-order chi connectivity index (χ0) is 12.1. The second kappa shape index (κ2) is 6.20. The molecule has 2 aromatic rings. The molecule has 0 saturated carbocycles. The van der Waals surface area contributed by atoms with Crippen molar-refractivity contribution < 1.29 is 4.74 Å². The lowest BCUT2D eigenvalue weighted by atomic mass is 10.2. The Labute approximate surface area is 115 Å². The molecule has 2 aromatic carbocycles. The van der Waals surface area contributed by atoms with E-state index in [9.17, 15) is 0 Å². The van der Waals surface area contributed by atoms with Gasteiger partial charge in [-0.25, -0.2) is 0 Å². The van der Waals surface area contributed by atoms with Crippen LogP contribution in [0.1, 0.15) is 11.1 Å². The van der Waals surface area contributed by atoms with Crippen LogP contribution in [-0.4, -0.2) is 0 Å². The van der Waals surface area contributed by atoms with Crippen LogP contribution in [0.5, 0.6) is 0 Å². The van der Waals surface area contributed by atoms with Crippen LogP contribution >= 0.6 is 27.5 Å². The molecule has 0 atom stereocenters. The van der Waals surface area contributed by atoms with E-state index in [1.54, 1.807) is 0 Å². The van der Waals surface area contributed by atoms with Gasteiger partial charge in [-0.1, -0.05) is 57.9 Å². The summed E-state index contributed by atoms with van der Waals surface area (Å²) in [4.78, 5) is 0. The number of halogens is 2. The Kier molecular flexibility index (Phi) is 4.60. The number of hydrogen-bond acceptors (Lipinski definition) is 1. The Morgan fingerprint density at radius 2 is 1.76 bits per heavy atom. The van der Waals surface area contributed by atoms with Gasteiger partial charge in [0.2, 0.25) is 0 Å². The minimum Gasteiger partial charge on any atom is -0.372 e. The first kappa shape index (κ1) is 12.6. The van der Waals surface area contributed by atoms with Gasteiger partial charge in [0, 0.05) is 9.50 Å². The monoisotopic (exact) mass is 310 g/mol. The number of benzene rings is 2. The third kappa shape index (κ3) is 3.84. The lowest BCUT2D eigenvalue weighted by molar-refractivity contribution is 0.107. The third-order valence-corrected chi connectivity index (χ3v) is 3.39. The van der Waals surface area contributed by atoms with E-state index in [4.69, 9.17) is 16.3 Å². The van der Waals surface area contributed by atoms with Crippen molar-refractivity contribution in [1.82, 2.24) is 0 Å². The van der Waals surface area contributed by atoms with Gasteiger partial charge in [0.05, 0.1) is 13.2 Å². The maximum absolute atomic E-state index is 5.94. The van der Waals surface area contributed by atoms with Crippen LogP contribution in [0.15, 0.2) is 53.0 Å². The largest absolute Gasteiger partial charge is 0.372 e. The van der Waals surface area contributed by atoms with E-state index in [-0.39, 0.29) is 0 Å². The van der Waals surface area contributed by atoms with Gasteiger partial charge >= 0.3 is 0 Å². The van der Waals surface area contributed by atoms with Crippen LogP contribution in [0, 0.1) is 0 Å². The van der Waals surface area contributed by atoms with Crippen molar-refractivity contribution in [2.45, 2.75) is 13.2 Å². The molecule has 0 heterocycles. The summed E-state index contributed by atoms with van der Waals surface area (Å²) in [6.45, 7) is 1.16. The lowest BCUT2D eigenvalue weighted by Crippen LogP contribution is -1.94. The fraction of sp³-hybridized carbons (Fsp3) is 0.143. The zero-order valence-corrected chi connectivity index (χ0v) is 11.5. The smallest absolute Gasteiger partial charge is 0.0732 e. The molecular weight excluding hydrogens is 300 g/mol. The Morgan fingerprint density at radius 3 is 2.53 bits per heavy atom. The molecule has 2 rings (SSSR count). The van der Waals surface area contributed by atoms with Gasteiger partial charge in [-0.2, -0.15) is 0 Å². The predicted octanol–water partition coefficient (Wildman–Crippen LogP) is 4.82. The van der Waals surface area contributed by atoms with E-state index in [0.717, 1.165) is 15.1 Å². The van der Waals surface area contributed by atoms with E-state index in [0.29, 0.717) is 13.2 Å². The van der Waals surface area contributed by atoms with Crippen molar-refractivity contribution in [3.8, 4) is 0 Å². The third-order valence-electron chi connectivity index (χ3n) is 2.38. The van der Waals surface area contributed by atoms with E-state index >= 15 is 0 Å². The van der Waals surface area contributed by atoms with Crippen LogP contribution in [-0.2, 0) is 18.0 Å². The van der Waals surface area contributed by atoms with Gasteiger partial charge in [-0.05, 0) is 29.3 Å². The fourth-order valence-electron chi connectivity index (χ4n) is 1.51. The van der Waals surface area contributed by atoms with Crippen molar-refractivity contribution in [2.24, 2.45) is 0 Å². The molecule has 17 heavy (non-hydrogen) atoms. The first-order valence-corrected chi connectivity index (χ1v) is 6.48. The average Bonchev–Trinajstić information content (AvgIpc) is 2.35.